The summed E-state index contributed by atoms with van der Waals surface area (Å²) in [7, 11) is 0. The van der Waals surface area contributed by atoms with E-state index in [4.69, 9.17) is 10.3 Å². The second-order valence-corrected chi connectivity index (χ2v) is 5.05. The summed E-state index contributed by atoms with van der Waals surface area (Å²) in [6.07, 6.45) is 4.60. The molecule has 0 unspecified atom stereocenters. The molecular weight excluding hydrogens is 248 g/mol. The fraction of sp³-hybridized carbons (Fsp3) is 0.417. The van der Waals surface area contributed by atoms with Crippen LogP contribution in [0.15, 0.2) is 22.9 Å². The molecule has 0 saturated heterocycles. The second kappa shape index (κ2) is 5.97. The molecule has 6 heteroatoms. The Kier molecular flexibility index (Phi) is 4.33. The SMILES string of the molecule is CSCC[C@H](N)c1nc(-c2cc(C)ccn2)no1. The monoisotopic (exact) mass is 264 g/mol. The van der Waals surface area contributed by atoms with E-state index < -0.39 is 0 Å². The molecule has 2 aromatic rings. The summed E-state index contributed by atoms with van der Waals surface area (Å²) >= 11 is 1.75. The molecule has 0 bridgehead atoms. The highest BCUT2D eigenvalue weighted by atomic mass is 32.2. The number of aromatic nitrogens is 3. The van der Waals surface area contributed by atoms with Gasteiger partial charge in [-0.1, -0.05) is 5.16 Å². The first-order valence-corrected chi connectivity index (χ1v) is 7.11. The summed E-state index contributed by atoms with van der Waals surface area (Å²) in [6, 6.07) is 3.64. The van der Waals surface area contributed by atoms with Crippen molar-refractivity contribution in [3.05, 3.63) is 29.8 Å². The highest BCUT2D eigenvalue weighted by Gasteiger charge is 2.15. The maximum absolute atomic E-state index is 5.97. The minimum atomic E-state index is -0.205. The molecule has 0 aromatic carbocycles. The van der Waals surface area contributed by atoms with Crippen molar-refractivity contribution in [3.8, 4) is 11.5 Å². The molecule has 2 aromatic heterocycles. The van der Waals surface area contributed by atoms with Crippen molar-refractivity contribution < 1.29 is 4.52 Å². The van der Waals surface area contributed by atoms with Gasteiger partial charge in [-0.05, 0) is 43.0 Å². The zero-order chi connectivity index (χ0) is 13.0. The highest BCUT2D eigenvalue weighted by molar-refractivity contribution is 7.98. The Balaban J connectivity index is 2.15. The van der Waals surface area contributed by atoms with Gasteiger partial charge in [0.1, 0.15) is 5.69 Å². The Hall–Kier alpha value is -1.40. The molecule has 0 fully saturated rings. The van der Waals surface area contributed by atoms with Crippen LogP contribution in [0.4, 0.5) is 0 Å². The average molecular weight is 264 g/mol. The van der Waals surface area contributed by atoms with Crippen LogP contribution in [0.3, 0.4) is 0 Å². The zero-order valence-corrected chi connectivity index (χ0v) is 11.3. The molecule has 2 rings (SSSR count). The summed E-state index contributed by atoms with van der Waals surface area (Å²) in [5.41, 5.74) is 7.79. The van der Waals surface area contributed by atoms with Gasteiger partial charge in [0.2, 0.25) is 11.7 Å². The van der Waals surface area contributed by atoms with E-state index >= 15 is 0 Å². The topological polar surface area (TPSA) is 77.8 Å². The normalized spacial score (nSPS) is 12.6. The van der Waals surface area contributed by atoms with Crippen LogP contribution < -0.4 is 5.73 Å². The van der Waals surface area contributed by atoms with Gasteiger partial charge in [0.25, 0.3) is 0 Å². The summed E-state index contributed by atoms with van der Waals surface area (Å²) < 4.78 is 5.18. The second-order valence-electron chi connectivity index (χ2n) is 4.06. The molecule has 96 valence electrons. The third-order valence-electron chi connectivity index (χ3n) is 2.54. The van der Waals surface area contributed by atoms with Crippen molar-refractivity contribution in [2.45, 2.75) is 19.4 Å². The van der Waals surface area contributed by atoms with E-state index in [9.17, 15) is 0 Å². The van der Waals surface area contributed by atoms with Gasteiger partial charge >= 0.3 is 0 Å². The lowest BCUT2D eigenvalue weighted by Crippen LogP contribution is -2.11. The van der Waals surface area contributed by atoms with Crippen LogP contribution in [0.2, 0.25) is 0 Å². The van der Waals surface area contributed by atoms with Gasteiger partial charge in [0.05, 0.1) is 6.04 Å². The molecule has 1 atom stereocenters. The predicted octanol–water partition coefficient (Wildman–Crippen LogP) is 2.19. The van der Waals surface area contributed by atoms with Gasteiger partial charge in [0.15, 0.2) is 0 Å². The van der Waals surface area contributed by atoms with Crippen LogP contribution in [-0.4, -0.2) is 27.1 Å². The van der Waals surface area contributed by atoms with Crippen molar-refractivity contribution >= 4 is 11.8 Å². The third-order valence-corrected chi connectivity index (χ3v) is 3.18. The Morgan fingerprint density at radius 2 is 2.33 bits per heavy atom. The predicted molar refractivity (Wildman–Crippen MR) is 72.2 cm³/mol. The van der Waals surface area contributed by atoms with Gasteiger partial charge in [-0.3, -0.25) is 4.98 Å². The number of nitrogens with two attached hydrogens (primary N) is 1. The van der Waals surface area contributed by atoms with Gasteiger partial charge in [-0.2, -0.15) is 16.7 Å². The fourth-order valence-electron chi connectivity index (χ4n) is 1.52. The quantitative estimate of drug-likeness (QED) is 0.892. The Bertz CT molecular complexity index is 514. The zero-order valence-electron chi connectivity index (χ0n) is 10.5. The lowest BCUT2D eigenvalue weighted by Gasteiger charge is -2.03. The number of rotatable bonds is 5. The van der Waals surface area contributed by atoms with Crippen molar-refractivity contribution in [2.24, 2.45) is 5.73 Å². The molecule has 18 heavy (non-hydrogen) atoms. The van der Waals surface area contributed by atoms with Crippen molar-refractivity contribution in [2.75, 3.05) is 12.0 Å². The largest absolute Gasteiger partial charge is 0.337 e. The van der Waals surface area contributed by atoms with Crippen LogP contribution >= 0.6 is 11.8 Å². The van der Waals surface area contributed by atoms with E-state index in [0.29, 0.717) is 17.4 Å². The number of hydrogen-bond acceptors (Lipinski definition) is 6. The molecule has 0 spiro atoms. The van der Waals surface area contributed by atoms with Gasteiger partial charge in [0, 0.05) is 6.20 Å². The summed E-state index contributed by atoms with van der Waals surface area (Å²) in [4.78, 5) is 8.51. The number of nitrogens with zero attached hydrogens (tertiary/aromatic N) is 3. The Morgan fingerprint density at radius 3 is 3.06 bits per heavy atom. The molecule has 0 amide bonds. The van der Waals surface area contributed by atoms with E-state index in [1.54, 1.807) is 18.0 Å². The Morgan fingerprint density at radius 1 is 1.50 bits per heavy atom. The Labute approximate surface area is 110 Å². The standard InChI is InChI=1S/C12H16N4OS/c1-8-3-5-14-10(7-8)11-15-12(17-16-11)9(13)4-6-18-2/h3,5,7,9H,4,6,13H2,1-2H3/t9-/m0/s1. The van der Waals surface area contributed by atoms with Crippen LogP contribution in [-0.2, 0) is 0 Å². The van der Waals surface area contributed by atoms with Gasteiger partial charge in [-0.25, -0.2) is 0 Å². The van der Waals surface area contributed by atoms with E-state index in [-0.39, 0.29) is 6.04 Å². The molecule has 2 N–H and O–H groups in total. The smallest absolute Gasteiger partial charge is 0.243 e. The minimum absolute atomic E-state index is 0.205. The first kappa shape index (κ1) is 13.0. The minimum Gasteiger partial charge on any atom is -0.337 e. The van der Waals surface area contributed by atoms with Crippen molar-refractivity contribution in [1.82, 2.24) is 15.1 Å². The first-order valence-electron chi connectivity index (χ1n) is 5.72. The van der Waals surface area contributed by atoms with E-state index in [2.05, 4.69) is 15.1 Å². The molecule has 0 saturated carbocycles. The van der Waals surface area contributed by atoms with Crippen molar-refractivity contribution in [1.29, 1.82) is 0 Å². The number of pyridine rings is 1. The number of aryl methyl sites for hydroxylation is 1. The third kappa shape index (κ3) is 3.08. The lowest BCUT2D eigenvalue weighted by atomic mass is 10.2. The maximum Gasteiger partial charge on any atom is 0.243 e. The molecular formula is C12H16N4OS. The molecule has 0 aliphatic heterocycles. The van der Waals surface area contributed by atoms with Crippen LogP contribution in [0, 0.1) is 6.92 Å². The average Bonchev–Trinajstić information content (AvgIpc) is 2.85. The van der Waals surface area contributed by atoms with E-state index in [1.165, 1.54) is 0 Å². The number of hydrogen-bond donors (Lipinski definition) is 1. The van der Waals surface area contributed by atoms with Gasteiger partial charge < -0.3 is 10.3 Å². The molecule has 5 nitrogen and oxygen atoms in total. The maximum atomic E-state index is 5.97. The molecule has 0 aliphatic carbocycles. The molecule has 0 radical (unpaired) electrons. The van der Waals surface area contributed by atoms with Crippen molar-refractivity contribution in [3.63, 3.8) is 0 Å². The summed E-state index contributed by atoms with van der Waals surface area (Å²) in [5, 5.41) is 3.92. The molecule has 2 heterocycles. The van der Waals surface area contributed by atoms with Crippen LogP contribution in [0.1, 0.15) is 23.9 Å². The van der Waals surface area contributed by atoms with Crippen LogP contribution in [0.25, 0.3) is 11.5 Å². The fourth-order valence-corrected chi connectivity index (χ4v) is 2.01. The first-order chi connectivity index (χ1) is 8.70. The van der Waals surface area contributed by atoms with E-state index in [0.717, 1.165) is 17.7 Å². The number of thioether (sulfide) groups is 1. The van der Waals surface area contributed by atoms with Gasteiger partial charge in [-0.15, -0.1) is 0 Å². The summed E-state index contributed by atoms with van der Waals surface area (Å²) in [5.74, 6) is 1.94. The molecule has 0 aliphatic rings. The van der Waals surface area contributed by atoms with Crippen LogP contribution in [0.5, 0.6) is 0 Å². The highest BCUT2D eigenvalue weighted by Crippen LogP contribution is 2.19. The lowest BCUT2D eigenvalue weighted by molar-refractivity contribution is 0.353. The summed E-state index contributed by atoms with van der Waals surface area (Å²) in [6.45, 7) is 2.00. The van der Waals surface area contributed by atoms with E-state index in [1.807, 2.05) is 25.3 Å².